The van der Waals surface area contributed by atoms with Crippen molar-refractivity contribution in [3.05, 3.63) is 29.8 Å². The summed E-state index contributed by atoms with van der Waals surface area (Å²) in [6.45, 7) is 6.25. The number of halogens is 1. The van der Waals surface area contributed by atoms with Crippen LogP contribution in [-0.4, -0.2) is 32.2 Å². The molecule has 1 amide bonds. The predicted molar refractivity (Wildman–Crippen MR) is 100 cm³/mol. The zero-order valence-corrected chi connectivity index (χ0v) is 16.1. The van der Waals surface area contributed by atoms with Crippen molar-refractivity contribution in [2.75, 3.05) is 18.4 Å². The predicted octanol–water partition coefficient (Wildman–Crippen LogP) is 2.76. The quantitative estimate of drug-likeness (QED) is 0.769. The van der Waals surface area contributed by atoms with Gasteiger partial charge in [-0.3, -0.25) is 4.79 Å². The van der Waals surface area contributed by atoms with Gasteiger partial charge in [0.1, 0.15) is 0 Å². The van der Waals surface area contributed by atoms with Crippen LogP contribution in [0.25, 0.3) is 0 Å². The maximum atomic E-state index is 12.3. The molecule has 1 aromatic carbocycles. The van der Waals surface area contributed by atoms with Gasteiger partial charge in [0.2, 0.25) is 5.91 Å². The Hall–Kier alpha value is -1.11. The first-order valence-corrected chi connectivity index (χ1v) is 9.64. The molecule has 5 nitrogen and oxygen atoms in total. The molecule has 1 saturated carbocycles. The molecule has 1 aliphatic rings. The summed E-state index contributed by atoms with van der Waals surface area (Å²) in [6, 6.07) is 7.03. The summed E-state index contributed by atoms with van der Waals surface area (Å²) in [4.78, 5) is 11.9. The van der Waals surface area contributed by atoms with Crippen molar-refractivity contribution >= 4 is 33.8 Å². The van der Waals surface area contributed by atoms with E-state index in [1.165, 1.54) is 12.8 Å². The summed E-state index contributed by atoms with van der Waals surface area (Å²) in [5, 5.41) is 5.94. The lowest BCUT2D eigenvalue weighted by Gasteiger charge is -2.19. The van der Waals surface area contributed by atoms with E-state index in [9.17, 15) is 13.2 Å². The number of nitrogens with one attached hydrogen (secondary N) is 2. The minimum Gasteiger partial charge on any atom is -0.325 e. The number of carbonyl (C=O) groups excluding carboxylic acids is 1. The third-order valence-corrected chi connectivity index (χ3v) is 6.50. The molecule has 0 unspecified atom stereocenters. The maximum absolute atomic E-state index is 12.3. The summed E-state index contributed by atoms with van der Waals surface area (Å²) in [7, 11) is -3.24. The summed E-state index contributed by atoms with van der Waals surface area (Å²) < 4.78 is 23.7. The van der Waals surface area contributed by atoms with Crippen LogP contribution in [0.1, 0.15) is 39.2 Å². The molecule has 24 heavy (non-hydrogen) atoms. The number of amides is 1. The van der Waals surface area contributed by atoms with Crippen LogP contribution in [0, 0.1) is 5.92 Å². The second-order valence-electron chi connectivity index (χ2n) is 7.19. The molecule has 2 N–H and O–H groups in total. The zero-order chi connectivity index (χ0) is 17.1. The number of hydrogen-bond donors (Lipinski definition) is 2. The van der Waals surface area contributed by atoms with Gasteiger partial charge in [-0.2, -0.15) is 0 Å². The van der Waals surface area contributed by atoms with Crippen LogP contribution in [0.15, 0.2) is 24.3 Å². The maximum Gasteiger partial charge on any atom is 0.238 e. The van der Waals surface area contributed by atoms with E-state index in [4.69, 9.17) is 0 Å². The third-order valence-electron chi connectivity index (χ3n) is 3.92. The van der Waals surface area contributed by atoms with Gasteiger partial charge in [0.25, 0.3) is 0 Å². The van der Waals surface area contributed by atoms with Gasteiger partial charge in [-0.05, 0) is 63.8 Å². The molecule has 0 bridgehead atoms. The van der Waals surface area contributed by atoms with Crippen LogP contribution < -0.4 is 10.6 Å². The largest absolute Gasteiger partial charge is 0.325 e. The first-order valence-electron chi connectivity index (χ1n) is 7.99. The van der Waals surface area contributed by atoms with Crippen LogP contribution in [0.2, 0.25) is 0 Å². The minimum absolute atomic E-state index is 0. The van der Waals surface area contributed by atoms with Gasteiger partial charge in [0.15, 0.2) is 9.84 Å². The second-order valence-corrected chi connectivity index (χ2v) is 9.94. The van der Waals surface area contributed by atoms with E-state index in [0.717, 1.165) is 12.5 Å². The van der Waals surface area contributed by atoms with Gasteiger partial charge in [0, 0.05) is 5.69 Å². The lowest BCUT2D eigenvalue weighted by atomic mass is 10.2. The third kappa shape index (κ3) is 6.42. The molecule has 136 valence electrons. The molecule has 1 aliphatic carbocycles. The van der Waals surface area contributed by atoms with Gasteiger partial charge in [-0.1, -0.05) is 12.1 Å². The monoisotopic (exact) mass is 374 g/mol. The molecule has 0 spiro atoms. The van der Waals surface area contributed by atoms with Crippen LogP contribution in [-0.2, 0) is 20.4 Å². The molecule has 1 aromatic rings. The number of hydrogen-bond acceptors (Lipinski definition) is 4. The molecule has 0 heterocycles. The molecule has 0 saturated heterocycles. The highest BCUT2D eigenvalue weighted by molar-refractivity contribution is 7.91. The number of benzene rings is 1. The normalized spacial score (nSPS) is 14.8. The number of rotatable bonds is 7. The van der Waals surface area contributed by atoms with Crippen LogP contribution in [0.3, 0.4) is 0 Å². The highest BCUT2D eigenvalue weighted by Crippen LogP contribution is 2.27. The highest BCUT2D eigenvalue weighted by Gasteiger charge is 2.29. The van der Waals surface area contributed by atoms with E-state index < -0.39 is 14.6 Å². The minimum atomic E-state index is -3.24. The second kappa shape index (κ2) is 8.32. The summed E-state index contributed by atoms with van der Waals surface area (Å²) in [5.41, 5.74) is 1.31. The van der Waals surface area contributed by atoms with Gasteiger partial charge in [-0.15, -0.1) is 12.4 Å². The van der Waals surface area contributed by atoms with Gasteiger partial charge in [-0.25, -0.2) is 8.42 Å². The van der Waals surface area contributed by atoms with Crippen LogP contribution in [0.5, 0.6) is 0 Å². The fourth-order valence-electron chi connectivity index (χ4n) is 2.09. The van der Waals surface area contributed by atoms with Gasteiger partial charge >= 0.3 is 0 Å². The Morgan fingerprint density at radius 2 is 1.92 bits per heavy atom. The van der Waals surface area contributed by atoms with Crippen LogP contribution >= 0.6 is 12.4 Å². The molecular weight excluding hydrogens is 348 g/mol. The highest BCUT2D eigenvalue weighted by atomic mass is 35.5. The Bertz CT molecular complexity index is 665. The smallest absolute Gasteiger partial charge is 0.238 e. The first kappa shape index (κ1) is 20.9. The molecule has 1 fully saturated rings. The molecule has 0 aliphatic heterocycles. The average molecular weight is 375 g/mol. The Balaban J connectivity index is 0.00000288. The molecule has 7 heteroatoms. The average Bonchev–Trinajstić information content (AvgIpc) is 3.21. The fourth-order valence-corrected chi connectivity index (χ4v) is 3.14. The van der Waals surface area contributed by atoms with E-state index in [-0.39, 0.29) is 30.6 Å². The summed E-state index contributed by atoms with van der Waals surface area (Å²) in [5.74, 6) is 0.593. The van der Waals surface area contributed by atoms with E-state index >= 15 is 0 Å². The molecule has 0 radical (unpaired) electrons. The lowest BCUT2D eigenvalue weighted by Crippen LogP contribution is -2.30. The number of sulfone groups is 1. The van der Waals surface area contributed by atoms with Gasteiger partial charge < -0.3 is 10.6 Å². The fraction of sp³-hybridized carbons (Fsp3) is 0.588. The van der Waals surface area contributed by atoms with Crippen LogP contribution in [0.4, 0.5) is 5.69 Å². The Labute approximate surface area is 150 Å². The van der Waals surface area contributed by atoms with E-state index in [2.05, 4.69) is 10.6 Å². The standard InChI is InChI=1S/C17H26N2O3S.ClH/c1-17(2,3)23(21,22)12-14-5-4-6-15(9-14)19-16(20)11-18-10-13-7-8-13;/h4-6,9,13,18H,7-8,10-12H2,1-3H3,(H,19,20);1H. The molecular formula is C17H27ClN2O3S. The Morgan fingerprint density at radius 1 is 1.25 bits per heavy atom. The molecule has 2 rings (SSSR count). The van der Waals surface area contributed by atoms with Crippen molar-refractivity contribution in [2.24, 2.45) is 5.92 Å². The first-order chi connectivity index (χ1) is 10.7. The van der Waals surface area contributed by atoms with E-state index in [1.54, 1.807) is 45.0 Å². The topological polar surface area (TPSA) is 75.3 Å². The van der Waals surface area contributed by atoms with E-state index in [0.29, 0.717) is 11.3 Å². The van der Waals surface area contributed by atoms with Crippen molar-refractivity contribution in [3.63, 3.8) is 0 Å². The van der Waals surface area contributed by atoms with E-state index in [1.807, 2.05) is 0 Å². The van der Waals surface area contributed by atoms with Crippen molar-refractivity contribution < 1.29 is 13.2 Å². The van der Waals surface area contributed by atoms with Crippen molar-refractivity contribution in [1.82, 2.24) is 5.32 Å². The number of anilines is 1. The van der Waals surface area contributed by atoms with Crippen molar-refractivity contribution in [2.45, 2.75) is 44.1 Å². The summed E-state index contributed by atoms with van der Waals surface area (Å²) >= 11 is 0. The summed E-state index contributed by atoms with van der Waals surface area (Å²) in [6.07, 6.45) is 2.50. The Morgan fingerprint density at radius 3 is 2.50 bits per heavy atom. The Kier molecular flexibility index (Phi) is 7.25. The molecule has 0 aromatic heterocycles. The zero-order valence-electron chi connectivity index (χ0n) is 14.5. The van der Waals surface area contributed by atoms with Crippen molar-refractivity contribution in [1.29, 1.82) is 0 Å². The van der Waals surface area contributed by atoms with Gasteiger partial charge in [0.05, 0.1) is 17.0 Å². The molecule has 0 atom stereocenters. The van der Waals surface area contributed by atoms with Crippen molar-refractivity contribution in [3.8, 4) is 0 Å². The lowest BCUT2D eigenvalue weighted by molar-refractivity contribution is -0.115. The number of carbonyl (C=O) groups is 1. The SMILES string of the molecule is CC(C)(C)S(=O)(=O)Cc1cccc(NC(=O)CNCC2CC2)c1.Cl.